The summed E-state index contributed by atoms with van der Waals surface area (Å²) in [5.41, 5.74) is -0.101. The standard InChI is InChI=1S/C17H23F3N4/c1-16(2,3)12-10-14-21-13(17(18,19)20)11-15(24(14)22-12)23-8-6-4-5-7-9-23/h10-11H,4-9H2,1-3H3. The van der Waals surface area contributed by atoms with E-state index in [-0.39, 0.29) is 11.1 Å². The van der Waals surface area contributed by atoms with E-state index in [2.05, 4.69) is 10.1 Å². The van der Waals surface area contributed by atoms with Crippen LogP contribution in [0.1, 0.15) is 57.8 Å². The fourth-order valence-electron chi connectivity index (χ4n) is 3.00. The summed E-state index contributed by atoms with van der Waals surface area (Å²) >= 11 is 0. The number of hydrogen-bond acceptors (Lipinski definition) is 3. The van der Waals surface area contributed by atoms with Crippen molar-refractivity contribution in [3.05, 3.63) is 23.5 Å². The lowest BCUT2D eigenvalue weighted by Crippen LogP contribution is -2.27. The van der Waals surface area contributed by atoms with Gasteiger partial charge in [0, 0.05) is 30.6 Å². The van der Waals surface area contributed by atoms with Gasteiger partial charge in [0.25, 0.3) is 0 Å². The van der Waals surface area contributed by atoms with Crippen molar-refractivity contribution in [2.75, 3.05) is 18.0 Å². The molecular weight excluding hydrogens is 317 g/mol. The third kappa shape index (κ3) is 3.35. The van der Waals surface area contributed by atoms with E-state index in [9.17, 15) is 13.2 Å². The van der Waals surface area contributed by atoms with Crippen molar-refractivity contribution in [2.45, 2.75) is 58.0 Å². The number of halogens is 3. The van der Waals surface area contributed by atoms with Gasteiger partial charge in [-0.15, -0.1) is 0 Å². The third-order valence-corrected chi connectivity index (χ3v) is 4.40. The highest BCUT2D eigenvalue weighted by atomic mass is 19.4. The van der Waals surface area contributed by atoms with Gasteiger partial charge in [-0.05, 0) is 12.8 Å². The summed E-state index contributed by atoms with van der Waals surface area (Å²) in [4.78, 5) is 5.82. The highest BCUT2D eigenvalue weighted by molar-refractivity contribution is 5.53. The average Bonchev–Trinajstić information content (AvgIpc) is 2.73. The van der Waals surface area contributed by atoms with E-state index in [1.54, 1.807) is 10.6 Å². The molecule has 0 unspecified atom stereocenters. The molecule has 4 nitrogen and oxygen atoms in total. The predicted molar refractivity (Wildman–Crippen MR) is 87.4 cm³/mol. The Balaban J connectivity index is 2.17. The molecule has 2 aromatic heterocycles. The maximum absolute atomic E-state index is 13.3. The van der Waals surface area contributed by atoms with Crippen molar-refractivity contribution in [2.24, 2.45) is 0 Å². The highest BCUT2D eigenvalue weighted by Crippen LogP contribution is 2.33. The minimum absolute atomic E-state index is 0.248. The first-order valence-corrected chi connectivity index (χ1v) is 8.40. The van der Waals surface area contributed by atoms with Gasteiger partial charge in [0.15, 0.2) is 11.3 Å². The topological polar surface area (TPSA) is 33.4 Å². The number of fused-ring (bicyclic) bond motifs is 1. The van der Waals surface area contributed by atoms with Crippen LogP contribution in [0.2, 0.25) is 0 Å². The Hall–Kier alpha value is -1.79. The summed E-state index contributed by atoms with van der Waals surface area (Å²) in [6, 6.07) is 2.80. The Labute approximate surface area is 139 Å². The predicted octanol–water partition coefficient (Wildman–Crippen LogP) is 4.43. The van der Waals surface area contributed by atoms with E-state index < -0.39 is 11.9 Å². The lowest BCUT2D eigenvalue weighted by Gasteiger charge is -2.24. The van der Waals surface area contributed by atoms with Crippen molar-refractivity contribution in [1.82, 2.24) is 14.6 Å². The Kier molecular flexibility index (Phi) is 4.21. The molecule has 0 bridgehead atoms. The largest absolute Gasteiger partial charge is 0.433 e. The number of hydrogen-bond donors (Lipinski definition) is 0. The molecule has 0 amide bonds. The monoisotopic (exact) mass is 340 g/mol. The van der Waals surface area contributed by atoms with Crippen LogP contribution in [0.4, 0.5) is 19.0 Å². The van der Waals surface area contributed by atoms with E-state index in [0.717, 1.165) is 50.5 Å². The Morgan fingerprint density at radius 3 is 2.08 bits per heavy atom. The van der Waals surface area contributed by atoms with Crippen molar-refractivity contribution in [3.63, 3.8) is 0 Å². The van der Waals surface area contributed by atoms with E-state index in [0.29, 0.717) is 5.82 Å². The fourth-order valence-corrected chi connectivity index (χ4v) is 3.00. The summed E-state index contributed by atoms with van der Waals surface area (Å²) in [5, 5.41) is 4.56. The second-order valence-electron chi connectivity index (χ2n) is 7.45. The molecule has 0 spiro atoms. The molecular formula is C17H23F3N4. The molecule has 2 aromatic rings. The number of nitrogens with zero attached hydrogens (tertiary/aromatic N) is 4. The molecule has 24 heavy (non-hydrogen) atoms. The van der Waals surface area contributed by atoms with Gasteiger partial charge in [0.05, 0.1) is 5.69 Å². The normalized spacial score (nSPS) is 17.3. The maximum Gasteiger partial charge on any atom is 0.433 e. The first-order valence-electron chi connectivity index (χ1n) is 8.40. The van der Waals surface area contributed by atoms with Gasteiger partial charge in [0.1, 0.15) is 5.82 Å². The number of anilines is 1. The van der Waals surface area contributed by atoms with Gasteiger partial charge in [-0.2, -0.15) is 22.8 Å². The van der Waals surface area contributed by atoms with Gasteiger partial charge in [-0.3, -0.25) is 0 Å². The summed E-state index contributed by atoms with van der Waals surface area (Å²) < 4.78 is 41.4. The zero-order valence-corrected chi connectivity index (χ0v) is 14.3. The zero-order chi connectivity index (χ0) is 17.5. The van der Waals surface area contributed by atoms with E-state index in [4.69, 9.17) is 0 Å². The van der Waals surface area contributed by atoms with Crippen LogP contribution >= 0.6 is 0 Å². The molecule has 1 aliphatic rings. The molecule has 7 heteroatoms. The molecule has 1 fully saturated rings. The van der Waals surface area contributed by atoms with Gasteiger partial charge in [-0.25, -0.2) is 4.98 Å². The van der Waals surface area contributed by atoms with Crippen molar-refractivity contribution >= 4 is 11.5 Å². The molecule has 0 radical (unpaired) electrons. The highest BCUT2D eigenvalue weighted by Gasteiger charge is 2.35. The van der Waals surface area contributed by atoms with Crippen LogP contribution in [0.15, 0.2) is 12.1 Å². The van der Waals surface area contributed by atoms with Crippen molar-refractivity contribution in [3.8, 4) is 0 Å². The molecule has 132 valence electrons. The smallest absolute Gasteiger partial charge is 0.356 e. The zero-order valence-electron chi connectivity index (χ0n) is 14.3. The minimum atomic E-state index is -4.46. The van der Waals surface area contributed by atoms with Crippen LogP contribution < -0.4 is 4.90 Å². The lowest BCUT2D eigenvalue weighted by molar-refractivity contribution is -0.141. The number of rotatable bonds is 1. The summed E-state index contributed by atoms with van der Waals surface area (Å²) in [6.45, 7) is 7.48. The van der Waals surface area contributed by atoms with Crippen LogP contribution in [0.25, 0.3) is 5.65 Å². The average molecular weight is 340 g/mol. The van der Waals surface area contributed by atoms with Gasteiger partial charge < -0.3 is 4.90 Å². The molecule has 0 atom stereocenters. The summed E-state index contributed by atoms with van der Waals surface area (Å²) in [7, 11) is 0. The Morgan fingerprint density at radius 2 is 1.54 bits per heavy atom. The van der Waals surface area contributed by atoms with Crippen molar-refractivity contribution < 1.29 is 13.2 Å². The van der Waals surface area contributed by atoms with Crippen LogP contribution in [0.3, 0.4) is 0 Å². The van der Waals surface area contributed by atoms with E-state index in [1.807, 2.05) is 25.7 Å². The molecule has 0 N–H and O–H groups in total. The van der Waals surface area contributed by atoms with Crippen LogP contribution in [0.5, 0.6) is 0 Å². The van der Waals surface area contributed by atoms with Crippen molar-refractivity contribution in [1.29, 1.82) is 0 Å². The first-order chi connectivity index (χ1) is 11.2. The first kappa shape index (κ1) is 17.0. The second kappa shape index (κ2) is 5.93. The quantitative estimate of drug-likeness (QED) is 0.770. The molecule has 0 aliphatic carbocycles. The molecule has 1 saturated heterocycles. The molecule has 1 aliphatic heterocycles. The van der Waals surface area contributed by atoms with E-state index in [1.165, 1.54) is 0 Å². The van der Waals surface area contributed by atoms with Crippen LogP contribution in [-0.4, -0.2) is 27.7 Å². The number of aromatic nitrogens is 3. The SMILES string of the molecule is CC(C)(C)c1cc2nc(C(F)(F)F)cc(N3CCCCCC3)n2n1. The Morgan fingerprint density at radius 1 is 0.917 bits per heavy atom. The fraction of sp³-hybridized carbons (Fsp3) is 0.647. The van der Waals surface area contributed by atoms with Crippen LogP contribution in [0, 0.1) is 0 Å². The molecule has 3 rings (SSSR count). The maximum atomic E-state index is 13.3. The van der Waals surface area contributed by atoms with Gasteiger partial charge in [0.2, 0.25) is 0 Å². The summed E-state index contributed by atoms with van der Waals surface area (Å²) in [6.07, 6.45) is -0.266. The number of alkyl halides is 3. The molecule has 0 saturated carbocycles. The molecule has 3 heterocycles. The van der Waals surface area contributed by atoms with Crippen LogP contribution in [-0.2, 0) is 11.6 Å². The molecule has 0 aromatic carbocycles. The van der Waals surface area contributed by atoms with Gasteiger partial charge in [-0.1, -0.05) is 33.6 Å². The van der Waals surface area contributed by atoms with Gasteiger partial charge >= 0.3 is 6.18 Å². The Bertz CT molecular complexity index is 720. The third-order valence-electron chi connectivity index (χ3n) is 4.40. The minimum Gasteiger partial charge on any atom is -0.356 e. The lowest BCUT2D eigenvalue weighted by atomic mass is 9.93. The van der Waals surface area contributed by atoms with E-state index >= 15 is 0 Å². The second-order valence-corrected chi connectivity index (χ2v) is 7.45. The summed E-state index contributed by atoms with van der Waals surface area (Å²) in [5.74, 6) is 0.490.